The number of pyridine rings is 1. The number of aromatic nitrogens is 1. The molecule has 0 aliphatic carbocycles. The first kappa shape index (κ1) is 23.8. The van der Waals surface area contributed by atoms with Crippen molar-refractivity contribution in [2.45, 2.75) is 44.8 Å². The monoisotopic (exact) mass is 440 g/mol. The molecule has 1 unspecified atom stereocenters. The molecule has 0 saturated heterocycles. The van der Waals surface area contributed by atoms with Crippen LogP contribution in [0.2, 0.25) is 0 Å². The Labute approximate surface area is 188 Å². The highest BCUT2D eigenvalue weighted by Crippen LogP contribution is 2.25. The van der Waals surface area contributed by atoms with Gasteiger partial charge in [0.05, 0.1) is 18.3 Å². The second-order valence-electron chi connectivity index (χ2n) is 8.03. The number of aliphatic hydroxyl groups is 2. The average molecular weight is 441 g/mol. The molecule has 0 saturated carbocycles. The largest absolute Gasteiger partial charge is 0.394 e. The minimum Gasteiger partial charge on any atom is -0.394 e. The van der Waals surface area contributed by atoms with E-state index in [0.29, 0.717) is 24.2 Å². The van der Waals surface area contributed by atoms with Crippen LogP contribution in [0.5, 0.6) is 0 Å². The lowest BCUT2D eigenvalue weighted by atomic mass is 10.0. The fourth-order valence-corrected chi connectivity index (χ4v) is 3.76. The van der Waals surface area contributed by atoms with Crippen LogP contribution >= 0.6 is 0 Å². The fraction of sp³-hybridized carbons (Fsp3) is 0.458. The van der Waals surface area contributed by atoms with Crippen molar-refractivity contribution in [2.24, 2.45) is 0 Å². The fourth-order valence-electron chi connectivity index (χ4n) is 3.76. The maximum Gasteiger partial charge on any atom is 0.259 e. The van der Waals surface area contributed by atoms with Gasteiger partial charge in [-0.15, -0.1) is 0 Å². The first-order valence-corrected chi connectivity index (χ1v) is 11.2. The number of anilines is 1. The molecule has 1 aliphatic rings. The third kappa shape index (κ3) is 6.59. The summed E-state index contributed by atoms with van der Waals surface area (Å²) in [5.74, 6) is -0.448. The SMILES string of the molecule is O=C(NCC(O)CO)c1ccc2c(c1)CNCCCCCCCN2C(=O)c1cccnc1. The molecule has 1 aliphatic heterocycles. The lowest BCUT2D eigenvalue weighted by Gasteiger charge is -2.26. The number of amides is 2. The first-order chi connectivity index (χ1) is 15.6. The van der Waals surface area contributed by atoms with Gasteiger partial charge in [0.25, 0.3) is 11.8 Å². The predicted molar refractivity (Wildman–Crippen MR) is 123 cm³/mol. The molecule has 1 atom stereocenters. The van der Waals surface area contributed by atoms with Crippen molar-refractivity contribution < 1.29 is 19.8 Å². The molecular weight excluding hydrogens is 408 g/mol. The molecule has 0 fully saturated rings. The number of fused-ring (bicyclic) bond motifs is 1. The summed E-state index contributed by atoms with van der Waals surface area (Å²) in [6.45, 7) is 1.55. The number of nitrogens with zero attached hydrogens (tertiary/aromatic N) is 2. The van der Waals surface area contributed by atoms with E-state index in [1.54, 1.807) is 41.6 Å². The summed E-state index contributed by atoms with van der Waals surface area (Å²) in [7, 11) is 0. The lowest BCUT2D eigenvalue weighted by Crippen LogP contribution is -2.35. The van der Waals surface area contributed by atoms with Crippen molar-refractivity contribution in [3.05, 3.63) is 59.4 Å². The Morgan fingerprint density at radius 1 is 1.12 bits per heavy atom. The Morgan fingerprint density at radius 2 is 1.94 bits per heavy atom. The van der Waals surface area contributed by atoms with Crippen molar-refractivity contribution in [3.63, 3.8) is 0 Å². The van der Waals surface area contributed by atoms with Crippen molar-refractivity contribution in [1.82, 2.24) is 15.6 Å². The summed E-state index contributed by atoms with van der Waals surface area (Å²) in [5.41, 5.74) is 2.60. The van der Waals surface area contributed by atoms with Gasteiger partial charge in [0.15, 0.2) is 0 Å². The van der Waals surface area contributed by atoms with Crippen LogP contribution in [-0.4, -0.2) is 59.4 Å². The van der Waals surface area contributed by atoms with Gasteiger partial charge >= 0.3 is 0 Å². The predicted octanol–water partition coefficient (Wildman–Crippen LogP) is 1.87. The van der Waals surface area contributed by atoms with Crippen LogP contribution in [0, 0.1) is 0 Å². The molecule has 4 N–H and O–H groups in total. The summed E-state index contributed by atoms with van der Waals surface area (Å²) >= 11 is 0. The summed E-state index contributed by atoms with van der Waals surface area (Å²) in [6, 6.07) is 8.81. The Hall–Kier alpha value is -2.81. The Kier molecular flexibility index (Phi) is 9.15. The first-order valence-electron chi connectivity index (χ1n) is 11.2. The van der Waals surface area contributed by atoms with Crippen molar-refractivity contribution >= 4 is 17.5 Å². The summed E-state index contributed by atoms with van der Waals surface area (Å²) in [6.07, 6.45) is 7.55. The molecule has 32 heavy (non-hydrogen) atoms. The minimum atomic E-state index is -1.00. The van der Waals surface area contributed by atoms with E-state index in [-0.39, 0.29) is 18.4 Å². The molecule has 1 aromatic carbocycles. The Balaban J connectivity index is 1.91. The Morgan fingerprint density at radius 3 is 2.72 bits per heavy atom. The topological polar surface area (TPSA) is 115 Å². The van der Waals surface area contributed by atoms with Gasteiger partial charge in [-0.3, -0.25) is 14.6 Å². The second-order valence-corrected chi connectivity index (χ2v) is 8.03. The van der Waals surface area contributed by atoms with Crippen LogP contribution < -0.4 is 15.5 Å². The third-order valence-electron chi connectivity index (χ3n) is 5.55. The number of carbonyl (C=O) groups excluding carboxylic acids is 2. The quantitative estimate of drug-likeness (QED) is 0.564. The number of nitrogens with one attached hydrogen (secondary N) is 2. The normalized spacial score (nSPS) is 16.2. The van der Waals surface area contributed by atoms with Crippen LogP contribution in [0.15, 0.2) is 42.7 Å². The maximum atomic E-state index is 13.3. The standard InChI is InChI=1S/C24H32N4O4/c29-17-21(30)16-27-23(31)18-8-9-22-20(13-18)15-25-10-4-2-1-3-5-12-28(22)24(32)19-7-6-11-26-14-19/h6-9,11,13-14,21,25,29-30H,1-5,10,12,15-17H2,(H,27,31). The second kappa shape index (κ2) is 12.3. The van der Waals surface area contributed by atoms with E-state index >= 15 is 0 Å². The zero-order chi connectivity index (χ0) is 22.8. The van der Waals surface area contributed by atoms with E-state index in [1.165, 1.54) is 0 Å². The molecule has 8 nitrogen and oxygen atoms in total. The average Bonchev–Trinajstić information content (AvgIpc) is 2.82. The molecule has 0 spiro atoms. The highest BCUT2D eigenvalue weighted by molar-refractivity contribution is 6.06. The van der Waals surface area contributed by atoms with E-state index in [9.17, 15) is 14.7 Å². The molecule has 3 rings (SSSR count). The molecule has 2 heterocycles. The zero-order valence-electron chi connectivity index (χ0n) is 18.3. The van der Waals surface area contributed by atoms with Crippen molar-refractivity contribution in [2.75, 3.05) is 31.1 Å². The van der Waals surface area contributed by atoms with Gasteiger partial charge in [-0.25, -0.2) is 0 Å². The summed E-state index contributed by atoms with van der Waals surface area (Å²) in [4.78, 5) is 31.8. The molecule has 0 bridgehead atoms. The van der Waals surface area contributed by atoms with Crippen LogP contribution in [0.25, 0.3) is 0 Å². The lowest BCUT2D eigenvalue weighted by molar-refractivity contribution is 0.0802. The number of hydrogen-bond acceptors (Lipinski definition) is 6. The van der Waals surface area contributed by atoms with E-state index in [2.05, 4.69) is 15.6 Å². The number of hydrogen-bond donors (Lipinski definition) is 4. The number of carbonyl (C=O) groups is 2. The molecule has 1 aromatic heterocycles. The van der Waals surface area contributed by atoms with Gasteiger partial charge in [-0.2, -0.15) is 0 Å². The third-order valence-corrected chi connectivity index (χ3v) is 5.55. The van der Waals surface area contributed by atoms with Gasteiger partial charge in [0.1, 0.15) is 0 Å². The summed E-state index contributed by atoms with van der Waals surface area (Å²) in [5, 5.41) is 24.5. The molecule has 172 valence electrons. The number of aliphatic hydroxyl groups excluding tert-OH is 2. The Bertz CT molecular complexity index is 891. The zero-order valence-corrected chi connectivity index (χ0v) is 18.3. The molecule has 8 heteroatoms. The van der Waals surface area contributed by atoms with Crippen LogP contribution in [0.3, 0.4) is 0 Å². The maximum absolute atomic E-state index is 13.3. The van der Waals surface area contributed by atoms with E-state index in [4.69, 9.17) is 5.11 Å². The van der Waals surface area contributed by atoms with Gasteiger partial charge in [-0.1, -0.05) is 19.3 Å². The smallest absolute Gasteiger partial charge is 0.259 e. The molecule has 0 radical (unpaired) electrons. The van der Waals surface area contributed by atoms with Gasteiger partial charge in [0.2, 0.25) is 0 Å². The molecular formula is C24H32N4O4. The highest BCUT2D eigenvalue weighted by atomic mass is 16.3. The van der Waals surface area contributed by atoms with Crippen LogP contribution in [0.4, 0.5) is 5.69 Å². The summed E-state index contributed by atoms with van der Waals surface area (Å²) < 4.78 is 0. The van der Waals surface area contributed by atoms with Crippen LogP contribution in [0.1, 0.15) is 58.4 Å². The van der Waals surface area contributed by atoms with Crippen molar-refractivity contribution in [1.29, 1.82) is 0 Å². The number of rotatable bonds is 5. The van der Waals surface area contributed by atoms with Gasteiger partial charge in [-0.05, 0) is 55.3 Å². The number of benzene rings is 1. The van der Waals surface area contributed by atoms with Gasteiger partial charge < -0.3 is 25.7 Å². The molecule has 2 aromatic rings. The van der Waals surface area contributed by atoms with Crippen molar-refractivity contribution in [3.8, 4) is 0 Å². The minimum absolute atomic E-state index is 0.0315. The van der Waals surface area contributed by atoms with E-state index < -0.39 is 12.7 Å². The van der Waals surface area contributed by atoms with E-state index in [0.717, 1.165) is 49.9 Å². The van der Waals surface area contributed by atoms with Crippen LogP contribution in [-0.2, 0) is 6.54 Å². The van der Waals surface area contributed by atoms with E-state index in [1.807, 2.05) is 6.07 Å². The highest BCUT2D eigenvalue weighted by Gasteiger charge is 2.22. The molecule has 2 amide bonds. The van der Waals surface area contributed by atoms with Gasteiger partial charge in [0, 0.05) is 43.3 Å².